The Morgan fingerprint density at radius 2 is 2.56 bits per heavy atom. The van der Waals surface area contributed by atoms with Gasteiger partial charge in [-0.25, -0.2) is 0 Å². The molecule has 0 unspecified atom stereocenters. The molecule has 0 atom stereocenters. The first-order valence-electron chi connectivity index (χ1n) is 4.63. The van der Waals surface area contributed by atoms with Gasteiger partial charge in [0.2, 0.25) is 5.91 Å². The maximum absolute atomic E-state index is 11.5. The highest BCUT2D eigenvalue weighted by Crippen LogP contribution is 2.23. The number of nitrogens with one attached hydrogen (secondary N) is 1. The third-order valence-corrected chi connectivity index (χ3v) is 3.87. The number of thiophene rings is 1. The Balaban J connectivity index is 1.81. The van der Waals surface area contributed by atoms with Gasteiger partial charge in [-0.15, -0.1) is 23.1 Å². The predicted octanol–water partition coefficient (Wildman–Crippen LogP) is 2.78. The lowest BCUT2D eigenvalue weighted by Crippen LogP contribution is -2.13. The predicted molar refractivity (Wildman–Crippen MR) is 64.9 cm³/mol. The van der Waals surface area contributed by atoms with Gasteiger partial charge in [-0.1, -0.05) is 11.2 Å². The standard InChI is InChI=1S/C10H10N2O2S2/c1-7-5-8(12-14-7)11-9(13)6-16-10-3-2-4-15-10/h2-5H,6H2,1H3,(H,11,12,13). The van der Waals surface area contributed by atoms with Crippen molar-refractivity contribution in [2.24, 2.45) is 0 Å². The number of carbonyl (C=O) groups is 1. The van der Waals surface area contributed by atoms with E-state index in [9.17, 15) is 4.79 Å². The summed E-state index contributed by atoms with van der Waals surface area (Å²) in [6, 6.07) is 5.64. The van der Waals surface area contributed by atoms with Crippen molar-refractivity contribution in [2.45, 2.75) is 11.1 Å². The van der Waals surface area contributed by atoms with Gasteiger partial charge in [0, 0.05) is 6.07 Å². The second-order valence-corrected chi connectivity index (χ2v) is 5.32. The number of thioether (sulfide) groups is 1. The van der Waals surface area contributed by atoms with Gasteiger partial charge in [-0.05, 0) is 18.4 Å². The van der Waals surface area contributed by atoms with Gasteiger partial charge >= 0.3 is 0 Å². The average molecular weight is 254 g/mol. The number of nitrogens with zero attached hydrogens (tertiary/aromatic N) is 1. The van der Waals surface area contributed by atoms with Crippen LogP contribution >= 0.6 is 23.1 Å². The smallest absolute Gasteiger partial charge is 0.236 e. The summed E-state index contributed by atoms with van der Waals surface area (Å²) in [5.41, 5.74) is 0. The molecule has 0 aliphatic rings. The Morgan fingerprint density at radius 3 is 3.19 bits per heavy atom. The van der Waals surface area contributed by atoms with Gasteiger partial charge in [-0.2, -0.15) is 0 Å². The number of aromatic nitrogens is 1. The normalized spacial score (nSPS) is 10.3. The van der Waals surface area contributed by atoms with Crippen LogP contribution in [0.4, 0.5) is 5.82 Å². The van der Waals surface area contributed by atoms with Crippen molar-refractivity contribution >= 4 is 34.8 Å². The molecule has 0 aliphatic carbocycles. The molecular formula is C10H10N2O2S2. The van der Waals surface area contributed by atoms with E-state index in [2.05, 4.69) is 10.5 Å². The van der Waals surface area contributed by atoms with Crippen LogP contribution in [0.2, 0.25) is 0 Å². The summed E-state index contributed by atoms with van der Waals surface area (Å²) < 4.78 is 5.98. The van der Waals surface area contributed by atoms with E-state index < -0.39 is 0 Å². The Labute approximate surface area is 101 Å². The van der Waals surface area contributed by atoms with Crippen LogP contribution in [0.25, 0.3) is 0 Å². The number of hydrogen-bond donors (Lipinski definition) is 1. The first-order chi connectivity index (χ1) is 7.74. The second kappa shape index (κ2) is 5.18. The van der Waals surface area contributed by atoms with Crippen LogP contribution in [-0.2, 0) is 4.79 Å². The zero-order chi connectivity index (χ0) is 11.4. The maximum atomic E-state index is 11.5. The highest BCUT2D eigenvalue weighted by atomic mass is 32.2. The van der Waals surface area contributed by atoms with Crippen LogP contribution < -0.4 is 5.32 Å². The number of carbonyl (C=O) groups excluding carboxylic acids is 1. The highest BCUT2D eigenvalue weighted by Gasteiger charge is 2.06. The Kier molecular flexibility index (Phi) is 3.63. The van der Waals surface area contributed by atoms with E-state index in [-0.39, 0.29) is 5.91 Å². The SMILES string of the molecule is Cc1cc(NC(=O)CSc2cccs2)no1. The topological polar surface area (TPSA) is 55.1 Å². The monoisotopic (exact) mass is 254 g/mol. The molecule has 0 aliphatic heterocycles. The van der Waals surface area contributed by atoms with Crippen molar-refractivity contribution < 1.29 is 9.32 Å². The molecule has 0 fully saturated rings. The fraction of sp³-hybridized carbons (Fsp3) is 0.200. The van der Waals surface area contributed by atoms with E-state index >= 15 is 0 Å². The third kappa shape index (κ3) is 3.11. The molecule has 2 aromatic heterocycles. The van der Waals surface area contributed by atoms with Crippen molar-refractivity contribution in [1.29, 1.82) is 0 Å². The van der Waals surface area contributed by atoms with Crippen molar-refractivity contribution in [1.82, 2.24) is 5.16 Å². The molecule has 6 heteroatoms. The average Bonchev–Trinajstić information content (AvgIpc) is 2.87. The summed E-state index contributed by atoms with van der Waals surface area (Å²) in [6.45, 7) is 1.78. The van der Waals surface area contributed by atoms with E-state index in [4.69, 9.17) is 4.52 Å². The first kappa shape index (κ1) is 11.2. The molecule has 0 bridgehead atoms. The molecule has 4 nitrogen and oxygen atoms in total. The van der Waals surface area contributed by atoms with Crippen molar-refractivity contribution in [2.75, 3.05) is 11.1 Å². The van der Waals surface area contributed by atoms with Crippen molar-refractivity contribution in [3.05, 3.63) is 29.3 Å². The lowest BCUT2D eigenvalue weighted by Gasteiger charge is -1.99. The molecule has 2 heterocycles. The number of hydrogen-bond acceptors (Lipinski definition) is 5. The van der Waals surface area contributed by atoms with Gasteiger partial charge in [0.15, 0.2) is 5.82 Å². The summed E-state index contributed by atoms with van der Waals surface area (Å²) in [4.78, 5) is 11.5. The highest BCUT2D eigenvalue weighted by molar-refractivity contribution is 8.01. The first-order valence-corrected chi connectivity index (χ1v) is 6.50. The summed E-state index contributed by atoms with van der Waals surface area (Å²) in [5, 5.41) is 8.34. The summed E-state index contributed by atoms with van der Waals surface area (Å²) in [7, 11) is 0. The maximum Gasteiger partial charge on any atom is 0.236 e. The molecule has 1 N–H and O–H groups in total. The number of aryl methyl sites for hydroxylation is 1. The molecule has 0 radical (unpaired) electrons. The molecule has 2 aromatic rings. The van der Waals surface area contributed by atoms with Crippen LogP contribution in [0.5, 0.6) is 0 Å². The van der Waals surface area contributed by atoms with E-state index in [0.717, 1.165) is 4.21 Å². The number of amides is 1. The number of anilines is 1. The van der Waals surface area contributed by atoms with Crippen LogP contribution in [0.1, 0.15) is 5.76 Å². The molecule has 0 spiro atoms. The molecular weight excluding hydrogens is 244 g/mol. The third-order valence-electron chi connectivity index (χ3n) is 1.74. The number of rotatable bonds is 4. The minimum absolute atomic E-state index is 0.0771. The zero-order valence-corrected chi connectivity index (χ0v) is 10.2. The van der Waals surface area contributed by atoms with Gasteiger partial charge in [0.1, 0.15) is 5.76 Å². The lowest BCUT2D eigenvalue weighted by molar-refractivity contribution is -0.113. The fourth-order valence-electron chi connectivity index (χ4n) is 1.09. The summed E-state index contributed by atoms with van der Waals surface area (Å²) in [5.74, 6) is 1.45. The van der Waals surface area contributed by atoms with E-state index in [1.807, 2.05) is 17.5 Å². The van der Waals surface area contributed by atoms with Crippen LogP contribution in [-0.4, -0.2) is 16.8 Å². The Hall–Kier alpha value is -1.27. The largest absolute Gasteiger partial charge is 0.360 e. The van der Waals surface area contributed by atoms with Gasteiger partial charge < -0.3 is 9.84 Å². The minimum Gasteiger partial charge on any atom is -0.360 e. The van der Waals surface area contributed by atoms with Crippen LogP contribution in [0.3, 0.4) is 0 Å². The van der Waals surface area contributed by atoms with Gasteiger partial charge in [0.25, 0.3) is 0 Å². The fourth-order valence-corrected chi connectivity index (χ4v) is 2.67. The summed E-state index contributed by atoms with van der Waals surface area (Å²) in [6.07, 6.45) is 0. The zero-order valence-electron chi connectivity index (χ0n) is 8.60. The van der Waals surface area contributed by atoms with E-state index in [0.29, 0.717) is 17.3 Å². The molecule has 2 rings (SSSR count). The molecule has 0 saturated carbocycles. The van der Waals surface area contributed by atoms with Crippen LogP contribution in [0, 0.1) is 6.92 Å². The molecule has 0 saturated heterocycles. The minimum atomic E-state index is -0.0771. The van der Waals surface area contributed by atoms with Crippen molar-refractivity contribution in [3.8, 4) is 0 Å². The van der Waals surface area contributed by atoms with Gasteiger partial charge in [0.05, 0.1) is 9.96 Å². The lowest BCUT2D eigenvalue weighted by atomic mass is 10.5. The quantitative estimate of drug-likeness (QED) is 0.852. The molecule has 16 heavy (non-hydrogen) atoms. The second-order valence-electron chi connectivity index (χ2n) is 3.09. The molecule has 0 aromatic carbocycles. The molecule has 1 amide bonds. The van der Waals surface area contributed by atoms with Crippen LogP contribution in [0.15, 0.2) is 32.3 Å². The van der Waals surface area contributed by atoms with E-state index in [1.54, 1.807) is 24.3 Å². The Bertz CT molecular complexity index is 465. The summed E-state index contributed by atoms with van der Waals surface area (Å²) >= 11 is 3.13. The Morgan fingerprint density at radius 1 is 1.69 bits per heavy atom. The van der Waals surface area contributed by atoms with Gasteiger partial charge in [-0.3, -0.25) is 4.79 Å². The van der Waals surface area contributed by atoms with E-state index in [1.165, 1.54) is 11.8 Å². The molecule has 84 valence electrons. The van der Waals surface area contributed by atoms with Crippen molar-refractivity contribution in [3.63, 3.8) is 0 Å².